The standard InChI is InChI=1S/C17H25N3O2/c1-4-10-19(11-5-2)17(21)12-20-15-9-7-6-8-14(15)18-16(20)13-22-3/h6-9H,4-5,10-13H2,1-3H3. The summed E-state index contributed by atoms with van der Waals surface area (Å²) in [6, 6.07) is 7.89. The number of carbonyl (C=O) groups excluding carboxylic acids is 1. The van der Waals surface area contributed by atoms with E-state index in [0.29, 0.717) is 13.2 Å². The molecule has 22 heavy (non-hydrogen) atoms. The maximum absolute atomic E-state index is 12.6. The van der Waals surface area contributed by atoms with Crippen molar-refractivity contribution in [3.63, 3.8) is 0 Å². The van der Waals surface area contributed by atoms with Gasteiger partial charge in [-0.05, 0) is 25.0 Å². The number of benzene rings is 1. The Morgan fingerprint density at radius 3 is 2.55 bits per heavy atom. The van der Waals surface area contributed by atoms with Crippen LogP contribution in [0.25, 0.3) is 11.0 Å². The van der Waals surface area contributed by atoms with Gasteiger partial charge in [0.1, 0.15) is 19.0 Å². The third-order valence-electron chi connectivity index (χ3n) is 3.64. The molecule has 0 aliphatic carbocycles. The summed E-state index contributed by atoms with van der Waals surface area (Å²) in [5.41, 5.74) is 1.88. The van der Waals surface area contributed by atoms with E-state index in [4.69, 9.17) is 4.74 Å². The van der Waals surface area contributed by atoms with Gasteiger partial charge in [-0.2, -0.15) is 0 Å². The van der Waals surface area contributed by atoms with Crippen molar-refractivity contribution in [1.82, 2.24) is 14.5 Å². The van der Waals surface area contributed by atoms with Crippen molar-refractivity contribution in [2.24, 2.45) is 0 Å². The molecule has 0 N–H and O–H groups in total. The Morgan fingerprint density at radius 1 is 1.23 bits per heavy atom. The fraction of sp³-hybridized carbons (Fsp3) is 0.529. The molecule has 5 nitrogen and oxygen atoms in total. The molecule has 2 aromatic rings. The molecule has 0 saturated heterocycles. The average molecular weight is 303 g/mol. The molecule has 0 radical (unpaired) electrons. The van der Waals surface area contributed by atoms with E-state index < -0.39 is 0 Å². The van der Waals surface area contributed by atoms with Gasteiger partial charge in [0.2, 0.25) is 5.91 Å². The Bertz CT molecular complexity index is 615. The van der Waals surface area contributed by atoms with E-state index in [9.17, 15) is 4.79 Å². The number of methoxy groups -OCH3 is 1. The molecule has 0 spiro atoms. The molecule has 0 fully saturated rings. The molecule has 0 bridgehead atoms. The molecule has 5 heteroatoms. The molecule has 0 unspecified atom stereocenters. The molecule has 1 amide bonds. The van der Waals surface area contributed by atoms with Crippen molar-refractivity contribution in [1.29, 1.82) is 0 Å². The van der Waals surface area contributed by atoms with Crippen molar-refractivity contribution in [2.75, 3.05) is 20.2 Å². The highest BCUT2D eigenvalue weighted by atomic mass is 16.5. The van der Waals surface area contributed by atoms with Crippen molar-refractivity contribution >= 4 is 16.9 Å². The lowest BCUT2D eigenvalue weighted by Gasteiger charge is -2.22. The van der Waals surface area contributed by atoms with Gasteiger partial charge in [0.25, 0.3) is 0 Å². The zero-order valence-corrected chi connectivity index (χ0v) is 13.7. The van der Waals surface area contributed by atoms with E-state index in [1.807, 2.05) is 33.7 Å². The highest BCUT2D eigenvalue weighted by Gasteiger charge is 2.17. The van der Waals surface area contributed by atoms with E-state index in [1.165, 1.54) is 0 Å². The minimum atomic E-state index is 0.143. The quantitative estimate of drug-likeness (QED) is 0.753. The minimum Gasteiger partial charge on any atom is -0.377 e. The highest BCUT2D eigenvalue weighted by molar-refractivity contribution is 5.81. The first-order valence-corrected chi connectivity index (χ1v) is 7.92. The van der Waals surface area contributed by atoms with E-state index in [2.05, 4.69) is 18.8 Å². The Kier molecular flexibility index (Phi) is 5.95. The Balaban J connectivity index is 2.28. The Morgan fingerprint density at radius 2 is 1.91 bits per heavy atom. The first-order chi connectivity index (χ1) is 10.7. The number of rotatable bonds is 8. The van der Waals surface area contributed by atoms with Crippen LogP contribution in [0, 0.1) is 0 Å². The molecule has 0 aliphatic rings. The second kappa shape index (κ2) is 7.94. The van der Waals surface area contributed by atoms with E-state index in [1.54, 1.807) is 7.11 Å². The monoisotopic (exact) mass is 303 g/mol. The van der Waals surface area contributed by atoms with E-state index in [-0.39, 0.29) is 5.91 Å². The van der Waals surface area contributed by atoms with E-state index in [0.717, 1.165) is 42.8 Å². The molecule has 2 rings (SSSR count). The smallest absolute Gasteiger partial charge is 0.242 e. The van der Waals surface area contributed by atoms with Gasteiger partial charge in [-0.15, -0.1) is 0 Å². The van der Waals surface area contributed by atoms with Gasteiger partial charge in [0, 0.05) is 20.2 Å². The number of amides is 1. The van der Waals surface area contributed by atoms with Gasteiger partial charge >= 0.3 is 0 Å². The summed E-state index contributed by atoms with van der Waals surface area (Å²) in [5, 5.41) is 0. The number of nitrogens with zero attached hydrogens (tertiary/aromatic N) is 3. The van der Waals surface area contributed by atoms with Crippen molar-refractivity contribution in [2.45, 2.75) is 39.8 Å². The van der Waals surface area contributed by atoms with E-state index >= 15 is 0 Å². The van der Waals surface area contributed by atoms with Crippen LogP contribution in [0.15, 0.2) is 24.3 Å². The number of ether oxygens (including phenoxy) is 1. The number of hydrogen-bond acceptors (Lipinski definition) is 3. The molecule has 1 heterocycles. The molecular formula is C17H25N3O2. The third kappa shape index (κ3) is 3.65. The zero-order chi connectivity index (χ0) is 15.9. The van der Waals surface area contributed by atoms with Crippen LogP contribution in [-0.4, -0.2) is 40.6 Å². The number of para-hydroxylation sites is 2. The summed E-state index contributed by atoms with van der Waals surface area (Å²) in [7, 11) is 1.64. The van der Waals surface area contributed by atoms with Crippen molar-refractivity contribution in [3.05, 3.63) is 30.1 Å². The van der Waals surface area contributed by atoms with Crippen LogP contribution in [0.2, 0.25) is 0 Å². The molecule has 0 aliphatic heterocycles. The van der Waals surface area contributed by atoms with Crippen LogP contribution in [0.5, 0.6) is 0 Å². The predicted molar refractivity (Wildman–Crippen MR) is 87.6 cm³/mol. The van der Waals surface area contributed by atoms with Crippen LogP contribution < -0.4 is 0 Å². The number of hydrogen-bond donors (Lipinski definition) is 0. The first kappa shape index (κ1) is 16.5. The topological polar surface area (TPSA) is 47.4 Å². The SMILES string of the molecule is CCCN(CCC)C(=O)Cn1c(COC)nc2ccccc21. The van der Waals surface area contributed by atoms with Gasteiger partial charge in [0.05, 0.1) is 11.0 Å². The average Bonchev–Trinajstić information content (AvgIpc) is 2.85. The second-order valence-electron chi connectivity index (χ2n) is 5.42. The fourth-order valence-corrected chi connectivity index (χ4v) is 2.68. The number of carbonyl (C=O) groups is 1. The lowest BCUT2D eigenvalue weighted by Crippen LogP contribution is -2.35. The Hall–Kier alpha value is -1.88. The third-order valence-corrected chi connectivity index (χ3v) is 3.64. The lowest BCUT2D eigenvalue weighted by atomic mass is 10.3. The van der Waals surface area contributed by atoms with Gasteiger partial charge in [-0.1, -0.05) is 26.0 Å². The van der Waals surface area contributed by atoms with Crippen LogP contribution in [0.3, 0.4) is 0 Å². The van der Waals surface area contributed by atoms with Gasteiger partial charge in [-0.25, -0.2) is 4.98 Å². The summed E-state index contributed by atoms with van der Waals surface area (Å²) in [6.45, 7) is 6.53. The molecule has 0 atom stereocenters. The summed E-state index contributed by atoms with van der Waals surface area (Å²) >= 11 is 0. The van der Waals surface area contributed by atoms with Crippen LogP contribution in [0.1, 0.15) is 32.5 Å². The molecule has 0 saturated carbocycles. The van der Waals surface area contributed by atoms with Crippen molar-refractivity contribution in [3.8, 4) is 0 Å². The normalized spacial score (nSPS) is 11.0. The fourth-order valence-electron chi connectivity index (χ4n) is 2.68. The van der Waals surface area contributed by atoms with Crippen LogP contribution in [-0.2, 0) is 22.7 Å². The molecule has 1 aromatic heterocycles. The lowest BCUT2D eigenvalue weighted by molar-refractivity contribution is -0.131. The molecule has 120 valence electrons. The minimum absolute atomic E-state index is 0.143. The summed E-state index contributed by atoms with van der Waals surface area (Å²) in [4.78, 5) is 19.1. The van der Waals surface area contributed by atoms with Crippen molar-refractivity contribution < 1.29 is 9.53 Å². The summed E-state index contributed by atoms with van der Waals surface area (Å²) in [6.07, 6.45) is 1.95. The number of aromatic nitrogens is 2. The number of imidazole rings is 1. The van der Waals surface area contributed by atoms with Gasteiger partial charge < -0.3 is 14.2 Å². The van der Waals surface area contributed by atoms with Crippen LogP contribution >= 0.6 is 0 Å². The molecule has 1 aromatic carbocycles. The maximum Gasteiger partial charge on any atom is 0.242 e. The largest absolute Gasteiger partial charge is 0.377 e. The Labute approximate surface area is 131 Å². The number of fused-ring (bicyclic) bond motifs is 1. The first-order valence-electron chi connectivity index (χ1n) is 7.92. The van der Waals surface area contributed by atoms with Gasteiger partial charge in [-0.3, -0.25) is 4.79 Å². The maximum atomic E-state index is 12.6. The summed E-state index contributed by atoms with van der Waals surface area (Å²) < 4.78 is 7.20. The van der Waals surface area contributed by atoms with Gasteiger partial charge in [0.15, 0.2) is 0 Å². The second-order valence-corrected chi connectivity index (χ2v) is 5.42. The highest BCUT2D eigenvalue weighted by Crippen LogP contribution is 2.17. The summed E-state index contributed by atoms with van der Waals surface area (Å²) in [5.74, 6) is 0.939. The molecular weight excluding hydrogens is 278 g/mol. The zero-order valence-electron chi connectivity index (χ0n) is 13.7. The predicted octanol–water partition coefficient (Wildman–Crippen LogP) is 2.83. The van der Waals surface area contributed by atoms with Crippen LogP contribution in [0.4, 0.5) is 0 Å².